The van der Waals surface area contributed by atoms with E-state index < -0.39 is 0 Å². The Kier molecular flexibility index (Phi) is 6.74. The summed E-state index contributed by atoms with van der Waals surface area (Å²) in [5.74, 6) is 0.817. The molecule has 2 aromatic rings. The molecule has 0 bridgehead atoms. The Morgan fingerprint density at radius 1 is 0.905 bits per heavy atom. The fourth-order valence-electron chi connectivity index (χ4n) is 2.31. The van der Waals surface area contributed by atoms with Crippen molar-refractivity contribution in [1.82, 2.24) is 9.97 Å². The smallest absolute Gasteiger partial charge is 0.159 e. The van der Waals surface area contributed by atoms with Gasteiger partial charge >= 0.3 is 0 Å². The molecule has 112 valence electrons. The lowest BCUT2D eigenvalue weighted by Gasteiger charge is -2.04. The minimum absolute atomic E-state index is 0.817. The largest absolute Gasteiger partial charge is 0.236 e. The van der Waals surface area contributed by atoms with Gasteiger partial charge < -0.3 is 0 Å². The van der Waals surface area contributed by atoms with E-state index in [4.69, 9.17) is 0 Å². The van der Waals surface area contributed by atoms with Crippen molar-refractivity contribution in [1.29, 1.82) is 0 Å². The average molecular weight is 300 g/mol. The first kappa shape index (κ1) is 16.0. The van der Waals surface area contributed by atoms with Gasteiger partial charge in [-0.1, -0.05) is 44.7 Å². The maximum atomic E-state index is 4.50. The first-order valence-electron chi connectivity index (χ1n) is 7.79. The van der Waals surface area contributed by atoms with Gasteiger partial charge in [-0.3, -0.25) is 0 Å². The van der Waals surface area contributed by atoms with E-state index in [0.717, 1.165) is 17.8 Å². The van der Waals surface area contributed by atoms with Gasteiger partial charge in [-0.25, -0.2) is 9.97 Å². The van der Waals surface area contributed by atoms with E-state index in [2.05, 4.69) is 47.4 Å². The summed E-state index contributed by atoms with van der Waals surface area (Å²) in [6.45, 7) is 2.25. The predicted molar refractivity (Wildman–Crippen MR) is 91.7 cm³/mol. The van der Waals surface area contributed by atoms with E-state index in [1.165, 1.54) is 42.6 Å². The highest BCUT2D eigenvalue weighted by Gasteiger charge is 2.02. The third-order valence-corrected chi connectivity index (χ3v) is 4.37. The molecule has 0 saturated heterocycles. The number of aryl methyl sites for hydroxylation is 1. The van der Waals surface area contributed by atoms with E-state index >= 15 is 0 Å². The Hall–Kier alpha value is -1.35. The Morgan fingerprint density at radius 3 is 2.19 bits per heavy atom. The van der Waals surface area contributed by atoms with Gasteiger partial charge in [-0.2, -0.15) is 0 Å². The Bertz CT molecular complexity index is 520. The van der Waals surface area contributed by atoms with Crippen LogP contribution >= 0.6 is 11.8 Å². The van der Waals surface area contributed by atoms with Gasteiger partial charge in [0.15, 0.2) is 5.82 Å². The van der Waals surface area contributed by atoms with Crippen LogP contribution in [-0.2, 0) is 6.42 Å². The summed E-state index contributed by atoms with van der Waals surface area (Å²) in [6, 6.07) is 8.41. The third kappa shape index (κ3) is 5.16. The number of thioether (sulfide) groups is 1. The van der Waals surface area contributed by atoms with Crippen molar-refractivity contribution in [2.75, 3.05) is 6.26 Å². The van der Waals surface area contributed by atoms with E-state index in [0.29, 0.717) is 0 Å². The van der Waals surface area contributed by atoms with Gasteiger partial charge in [-0.05, 0) is 36.8 Å². The van der Waals surface area contributed by atoms with Crippen LogP contribution < -0.4 is 0 Å². The van der Waals surface area contributed by atoms with Gasteiger partial charge in [0, 0.05) is 22.9 Å². The van der Waals surface area contributed by atoms with E-state index in [1.54, 1.807) is 11.8 Å². The van der Waals surface area contributed by atoms with Gasteiger partial charge in [0.05, 0.1) is 0 Å². The fraction of sp³-hybridized carbons (Fsp3) is 0.444. The number of hydrogen-bond donors (Lipinski definition) is 0. The second-order valence-corrected chi connectivity index (χ2v) is 6.19. The second kappa shape index (κ2) is 8.83. The van der Waals surface area contributed by atoms with Gasteiger partial charge in [0.2, 0.25) is 0 Å². The van der Waals surface area contributed by atoms with Crippen LogP contribution in [0.2, 0.25) is 0 Å². The normalized spacial score (nSPS) is 10.8. The molecule has 0 N–H and O–H groups in total. The molecular weight excluding hydrogens is 276 g/mol. The van der Waals surface area contributed by atoms with Crippen molar-refractivity contribution in [3.63, 3.8) is 0 Å². The molecule has 0 aliphatic rings. The van der Waals surface area contributed by atoms with Crippen molar-refractivity contribution in [3.05, 3.63) is 42.2 Å². The van der Waals surface area contributed by atoms with E-state index in [-0.39, 0.29) is 0 Å². The van der Waals surface area contributed by atoms with Crippen LogP contribution in [0.15, 0.2) is 41.6 Å². The SMILES string of the molecule is CCCCCCCc1cnc(-c2ccc(SC)cc2)nc1. The lowest BCUT2D eigenvalue weighted by Crippen LogP contribution is -1.93. The molecule has 3 heteroatoms. The predicted octanol–water partition coefficient (Wildman–Crippen LogP) is 5.38. The number of benzene rings is 1. The number of unbranched alkanes of at least 4 members (excludes halogenated alkanes) is 4. The van der Waals surface area contributed by atoms with Gasteiger partial charge in [0.25, 0.3) is 0 Å². The first-order valence-corrected chi connectivity index (χ1v) is 9.01. The third-order valence-electron chi connectivity index (χ3n) is 3.62. The topological polar surface area (TPSA) is 25.8 Å². The number of nitrogens with zero attached hydrogens (tertiary/aromatic N) is 2. The zero-order chi connectivity index (χ0) is 14.9. The van der Waals surface area contributed by atoms with Gasteiger partial charge in [-0.15, -0.1) is 11.8 Å². The van der Waals surface area contributed by atoms with Crippen molar-refractivity contribution in [2.24, 2.45) is 0 Å². The van der Waals surface area contributed by atoms with Crippen molar-refractivity contribution in [2.45, 2.75) is 50.3 Å². The lowest BCUT2D eigenvalue weighted by atomic mass is 10.1. The summed E-state index contributed by atoms with van der Waals surface area (Å²) in [7, 11) is 0. The molecule has 0 fully saturated rings. The average Bonchev–Trinajstić information content (AvgIpc) is 2.55. The zero-order valence-electron chi connectivity index (χ0n) is 13.0. The molecule has 0 aliphatic heterocycles. The molecular formula is C18H24N2S. The number of aromatic nitrogens is 2. The van der Waals surface area contributed by atoms with Crippen molar-refractivity contribution < 1.29 is 0 Å². The summed E-state index contributed by atoms with van der Waals surface area (Å²) >= 11 is 1.75. The van der Waals surface area contributed by atoms with Crippen LogP contribution in [0.5, 0.6) is 0 Å². The monoisotopic (exact) mass is 300 g/mol. The molecule has 0 aliphatic carbocycles. The minimum Gasteiger partial charge on any atom is -0.236 e. The van der Waals surface area contributed by atoms with Crippen LogP contribution in [0, 0.1) is 0 Å². The zero-order valence-corrected chi connectivity index (χ0v) is 13.8. The second-order valence-electron chi connectivity index (χ2n) is 5.31. The molecule has 0 spiro atoms. The molecule has 1 aromatic heterocycles. The molecule has 0 radical (unpaired) electrons. The number of hydrogen-bond acceptors (Lipinski definition) is 3. The van der Waals surface area contributed by atoms with E-state index in [1.807, 2.05) is 12.4 Å². The lowest BCUT2D eigenvalue weighted by molar-refractivity contribution is 0.631. The first-order chi connectivity index (χ1) is 10.3. The molecule has 2 nitrogen and oxygen atoms in total. The van der Waals surface area contributed by atoms with Crippen LogP contribution in [-0.4, -0.2) is 16.2 Å². The molecule has 1 aromatic carbocycles. The summed E-state index contributed by atoms with van der Waals surface area (Å²) in [4.78, 5) is 10.3. The van der Waals surface area contributed by atoms with Crippen molar-refractivity contribution in [3.8, 4) is 11.4 Å². The summed E-state index contributed by atoms with van der Waals surface area (Å²) < 4.78 is 0. The van der Waals surface area contributed by atoms with E-state index in [9.17, 15) is 0 Å². The molecule has 21 heavy (non-hydrogen) atoms. The molecule has 1 heterocycles. The van der Waals surface area contributed by atoms with Gasteiger partial charge in [0.1, 0.15) is 0 Å². The van der Waals surface area contributed by atoms with Crippen LogP contribution in [0.4, 0.5) is 0 Å². The summed E-state index contributed by atoms with van der Waals surface area (Å²) in [5.41, 5.74) is 2.33. The molecule has 0 unspecified atom stereocenters. The summed E-state index contributed by atoms with van der Waals surface area (Å²) in [6.07, 6.45) is 13.7. The highest BCUT2D eigenvalue weighted by Crippen LogP contribution is 2.20. The standard InChI is InChI=1S/C18H24N2S/c1-3-4-5-6-7-8-15-13-19-18(20-14-15)16-9-11-17(21-2)12-10-16/h9-14H,3-8H2,1-2H3. The Morgan fingerprint density at radius 2 is 1.57 bits per heavy atom. The van der Waals surface area contributed by atoms with Crippen LogP contribution in [0.25, 0.3) is 11.4 Å². The Balaban J connectivity index is 1.88. The molecule has 0 atom stereocenters. The summed E-state index contributed by atoms with van der Waals surface area (Å²) in [5, 5.41) is 0. The molecule has 0 saturated carbocycles. The maximum absolute atomic E-state index is 4.50. The molecule has 0 amide bonds. The maximum Gasteiger partial charge on any atom is 0.159 e. The highest BCUT2D eigenvalue weighted by atomic mass is 32.2. The fourth-order valence-corrected chi connectivity index (χ4v) is 2.71. The van der Waals surface area contributed by atoms with Crippen LogP contribution in [0.1, 0.15) is 44.6 Å². The minimum atomic E-state index is 0.817. The van der Waals surface area contributed by atoms with Crippen molar-refractivity contribution >= 4 is 11.8 Å². The highest BCUT2D eigenvalue weighted by molar-refractivity contribution is 7.98. The number of rotatable bonds is 8. The molecule has 2 rings (SSSR count). The Labute approximate surface area is 132 Å². The van der Waals surface area contributed by atoms with Crippen LogP contribution in [0.3, 0.4) is 0 Å². The quantitative estimate of drug-likeness (QED) is 0.483.